The van der Waals surface area contributed by atoms with Crippen LogP contribution in [0.4, 0.5) is 0 Å². The highest BCUT2D eigenvalue weighted by Crippen LogP contribution is 2.40. The Bertz CT molecular complexity index is 2100. The maximum atomic E-state index is 4.69. The van der Waals surface area contributed by atoms with E-state index in [0.717, 1.165) is 21.8 Å². The highest BCUT2D eigenvalue weighted by molar-refractivity contribution is 7.26. The normalized spacial score (nSPS) is 11.8. The Morgan fingerprint density at radius 2 is 1.05 bits per heavy atom. The van der Waals surface area contributed by atoms with Gasteiger partial charge in [-0.2, -0.15) is 0 Å². The molecule has 6 aromatic carbocycles. The van der Waals surface area contributed by atoms with Crippen molar-refractivity contribution in [1.29, 1.82) is 0 Å². The van der Waals surface area contributed by atoms with Crippen molar-refractivity contribution < 1.29 is 0 Å². The number of benzene rings is 6. The van der Waals surface area contributed by atoms with E-state index in [1.165, 1.54) is 53.2 Å². The molecule has 0 unspecified atom stereocenters. The summed E-state index contributed by atoms with van der Waals surface area (Å²) in [5, 5.41) is 7.36. The first kappa shape index (κ1) is 20.6. The molecule has 2 nitrogen and oxygen atoms in total. The van der Waals surface area contributed by atoms with E-state index in [1.54, 1.807) is 12.4 Å². The van der Waals surface area contributed by atoms with Crippen LogP contribution in [0.5, 0.6) is 0 Å². The van der Waals surface area contributed by atoms with Crippen LogP contribution in [-0.2, 0) is 0 Å². The molecule has 0 aliphatic carbocycles. The van der Waals surface area contributed by atoms with Crippen LogP contribution in [0.2, 0.25) is 0 Å². The molecule has 0 atom stereocenters. The molecule has 0 fully saturated rings. The predicted octanol–water partition coefficient (Wildman–Crippen LogP) is 9.64. The molecule has 0 spiro atoms. The first-order valence-electron chi connectivity index (χ1n) is 12.4. The van der Waals surface area contributed by atoms with Gasteiger partial charge in [0, 0.05) is 43.3 Å². The Morgan fingerprint density at radius 3 is 1.86 bits per heavy atom. The van der Waals surface area contributed by atoms with Crippen molar-refractivity contribution >= 4 is 64.1 Å². The van der Waals surface area contributed by atoms with Crippen molar-refractivity contribution in [1.82, 2.24) is 9.97 Å². The quantitative estimate of drug-likeness (QED) is 0.226. The summed E-state index contributed by atoms with van der Waals surface area (Å²) in [6, 6.07) is 39.5. The topological polar surface area (TPSA) is 25.8 Å². The van der Waals surface area contributed by atoms with Crippen molar-refractivity contribution in [2.75, 3.05) is 0 Å². The Morgan fingerprint density at radius 1 is 0.432 bits per heavy atom. The Labute approximate surface area is 217 Å². The molecule has 0 N–H and O–H groups in total. The van der Waals surface area contributed by atoms with E-state index in [1.807, 2.05) is 11.3 Å². The fraction of sp³-hybridized carbons (Fsp3) is 0. The smallest absolute Gasteiger partial charge is 0.0971 e. The van der Waals surface area contributed by atoms with Crippen molar-refractivity contribution in [3.63, 3.8) is 0 Å². The lowest BCUT2D eigenvalue weighted by Gasteiger charge is -2.11. The number of aromatic nitrogens is 2. The van der Waals surface area contributed by atoms with Crippen LogP contribution < -0.4 is 0 Å². The minimum atomic E-state index is 0.953. The summed E-state index contributed by atoms with van der Waals surface area (Å²) >= 11 is 1.88. The van der Waals surface area contributed by atoms with Gasteiger partial charge in [-0.05, 0) is 45.2 Å². The highest BCUT2D eigenvalue weighted by atomic mass is 32.1. The maximum absolute atomic E-state index is 4.69. The first-order valence-corrected chi connectivity index (χ1v) is 13.2. The lowest BCUT2D eigenvalue weighted by atomic mass is 9.94. The van der Waals surface area contributed by atoms with Gasteiger partial charge < -0.3 is 0 Å². The molecule has 0 radical (unpaired) electrons. The van der Waals surface area contributed by atoms with Crippen LogP contribution in [-0.4, -0.2) is 9.97 Å². The third-order valence-electron chi connectivity index (χ3n) is 7.38. The van der Waals surface area contributed by atoms with Crippen LogP contribution in [0.25, 0.3) is 75.0 Å². The van der Waals surface area contributed by atoms with E-state index in [4.69, 9.17) is 0 Å². The number of thiophene rings is 1. The molecular formula is C34H20N2S. The molecule has 0 saturated heterocycles. The van der Waals surface area contributed by atoms with E-state index < -0.39 is 0 Å². The zero-order valence-electron chi connectivity index (χ0n) is 19.8. The third kappa shape index (κ3) is 3.11. The van der Waals surface area contributed by atoms with Gasteiger partial charge in [0.2, 0.25) is 0 Å². The molecule has 37 heavy (non-hydrogen) atoms. The number of hydrogen-bond donors (Lipinski definition) is 0. The van der Waals surface area contributed by atoms with Crippen LogP contribution in [0, 0.1) is 0 Å². The zero-order chi connectivity index (χ0) is 24.3. The van der Waals surface area contributed by atoms with E-state index in [9.17, 15) is 0 Å². The number of rotatable bonds is 2. The zero-order valence-corrected chi connectivity index (χ0v) is 20.7. The minimum Gasteiger partial charge on any atom is -0.252 e. The average Bonchev–Trinajstić information content (AvgIpc) is 3.36. The van der Waals surface area contributed by atoms with Crippen molar-refractivity contribution in [2.24, 2.45) is 0 Å². The van der Waals surface area contributed by atoms with Crippen LogP contribution in [0.3, 0.4) is 0 Å². The summed E-state index contributed by atoms with van der Waals surface area (Å²) in [7, 11) is 0. The van der Waals surface area contributed by atoms with Gasteiger partial charge in [-0.25, -0.2) is 0 Å². The number of nitrogens with zero attached hydrogens (tertiary/aromatic N) is 2. The molecule has 0 aliphatic heterocycles. The molecule has 8 rings (SSSR count). The molecule has 0 bridgehead atoms. The SMILES string of the molecule is c1ccc2c(c1)sc1c(-c3ccc(-c4ccc5c(c4)c4ccccc4c4nccnc54)cc3)cccc12. The van der Waals surface area contributed by atoms with Gasteiger partial charge in [-0.3, -0.25) is 9.97 Å². The van der Waals surface area contributed by atoms with Gasteiger partial charge in [0.15, 0.2) is 0 Å². The summed E-state index contributed by atoms with van der Waals surface area (Å²) < 4.78 is 2.68. The second kappa shape index (κ2) is 7.95. The van der Waals surface area contributed by atoms with E-state index in [-0.39, 0.29) is 0 Å². The molecule has 0 amide bonds. The van der Waals surface area contributed by atoms with E-state index in [0.29, 0.717) is 0 Å². The largest absolute Gasteiger partial charge is 0.252 e. The second-order valence-electron chi connectivity index (χ2n) is 9.42. The summed E-state index contributed by atoms with van der Waals surface area (Å²) in [6.07, 6.45) is 3.55. The molecule has 0 aliphatic rings. The Hall–Kier alpha value is -4.60. The minimum absolute atomic E-state index is 0.953. The van der Waals surface area contributed by atoms with Crippen LogP contribution in [0.1, 0.15) is 0 Å². The lowest BCUT2D eigenvalue weighted by molar-refractivity contribution is 1.31. The van der Waals surface area contributed by atoms with Crippen LogP contribution in [0.15, 0.2) is 122 Å². The monoisotopic (exact) mass is 488 g/mol. The summed E-state index contributed by atoms with van der Waals surface area (Å²) in [5.41, 5.74) is 6.85. The fourth-order valence-electron chi connectivity index (χ4n) is 5.63. The van der Waals surface area contributed by atoms with Gasteiger partial charge >= 0.3 is 0 Å². The molecule has 8 aromatic rings. The number of hydrogen-bond acceptors (Lipinski definition) is 3. The summed E-state index contributed by atoms with van der Waals surface area (Å²) in [5.74, 6) is 0. The lowest BCUT2D eigenvalue weighted by Crippen LogP contribution is -1.89. The molecule has 2 heterocycles. The standard InChI is InChI=1S/C34H20N2S/c1-2-8-27-25(6-1)30-20-23(16-17-28(30)33-32(27)35-18-19-36-33)21-12-14-22(15-13-21)24-9-5-10-29-26-7-3-4-11-31(26)37-34(24)29/h1-20H. The third-order valence-corrected chi connectivity index (χ3v) is 8.60. The summed E-state index contributed by atoms with van der Waals surface area (Å²) in [4.78, 5) is 9.34. The molecule has 0 saturated carbocycles. The van der Waals surface area contributed by atoms with Gasteiger partial charge in [-0.1, -0.05) is 97.1 Å². The van der Waals surface area contributed by atoms with Crippen molar-refractivity contribution in [3.05, 3.63) is 122 Å². The van der Waals surface area contributed by atoms with E-state index in [2.05, 4.69) is 119 Å². The van der Waals surface area contributed by atoms with Gasteiger partial charge in [-0.15, -0.1) is 11.3 Å². The number of fused-ring (bicyclic) bond motifs is 9. The van der Waals surface area contributed by atoms with Crippen LogP contribution >= 0.6 is 11.3 Å². The second-order valence-corrected chi connectivity index (χ2v) is 10.5. The molecule has 3 heteroatoms. The summed E-state index contributed by atoms with van der Waals surface area (Å²) in [6.45, 7) is 0. The van der Waals surface area contributed by atoms with Gasteiger partial charge in [0.05, 0.1) is 11.0 Å². The fourth-order valence-corrected chi connectivity index (χ4v) is 6.86. The maximum Gasteiger partial charge on any atom is 0.0971 e. The first-order chi connectivity index (χ1) is 18.3. The van der Waals surface area contributed by atoms with E-state index >= 15 is 0 Å². The van der Waals surface area contributed by atoms with Gasteiger partial charge in [0.1, 0.15) is 0 Å². The molecular weight excluding hydrogens is 468 g/mol. The molecule has 172 valence electrons. The predicted molar refractivity (Wildman–Crippen MR) is 158 cm³/mol. The highest BCUT2D eigenvalue weighted by Gasteiger charge is 2.13. The van der Waals surface area contributed by atoms with Crippen molar-refractivity contribution in [2.45, 2.75) is 0 Å². The Kier molecular flexibility index (Phi) is 4.42. The van der Waals surface area contributed by atoms with Crippen molar-refractivity contribution in [3.8, 4) is 22.3 Å². The average molecular weight is 489 g/mol. The molecule has 2 aromatic heterocycles. The Balaban J connectivity index is 1.28. The van der Waals surface area contributed by atoms with Gasteiger partial charge in [0.25, 0.3) is 0 Å².